The Balaban J connectivity index is 1.95. The van der Waals surface area contributed by atoms with Gasteiger partial charge in [0, 0.05) is 0 Å². The Morgan fingerprint density at radius 2 is 0.909 bits per heavy atom. The molecule has 0 aliphatic heterocycles. The summed E-state index contributed by atoms with van der Waals surface area (Å²) in [6.45, 7) is 0. The summed E-state index contributed by atoms with van der Waals surface area (Å²) in [5.41, 5.74) is 4.37. The summed E-state index contributed by atoms with van der Waals surface area (Å²) in [5, 5.41) is 0. The maximum atomic E-state index is 2.30. The molecule has 0 amide bonds. The van der Waals surface area contributed by atoms with Crippen molar-refractivity contribution < 1.29 is 0 Å². The fourth-order valence-electron chi connectivity index (χ4n) is 3.20. The van der Waals surface area contributed by atoms with E-state index in [9.17, 15) is 0 Å². The summed E-state index contributed by atoms with van der Waals surface area (Å²) in [6, 6.07) is 32.9. The molecule has 0 atom stereocenters. The van der Waals surface area contributed by atoms with E-state index in [4.69, 9.17) is 0 Å². The molecular formula is C21H19K. The molecule has 0 saturated carbocycles. The van der Waals surface area contributed by atoms with Gasteiger partial charge in [-0.25, -0.2) is 0 Å². The van der Waals surface area contributed by atoms with Crippen LogP contribution in [0.4, 0.5) is 0 Å². The minimum atomic E-state index is 0.289. The molecule has 0 aromatic heterocycles. The quantitative estimate of drug-likeness (QED) is 0.607. The zero-order chi connectivity index (χ0) is 15.3. The van der Waals surface area contributed by atoms with Gasteiger partial charge in [0.15, 0.2) is 0 Å². The molecule has 0 spiro atoms. The molecule has 0 heterocycles. The van der Waals surface area contributed by atoms with Crippen LogP contribution >= 0.6 is 0 Å². The zero-order valence-electron chi connectivity index (χ0n) is 13.1. The predicted octanol–water partition coefficient (Wildman–Crippen LogP) is 4.54. The van der Waals surface area contributed by atoms with E-state index in [1.807, 2.05) is 0 Å². The van der Waals surface area contributed by atoms with Crippen LogP contribution in [0.5, 0.6) is 0 Å². The molecule has 0 fully saturated rings. The van der Waals surface area contributed by atoms with E-state index in [-0.39, 0.29) is -0.490 Å². The van der Waals surface area contributed by atoms with Crippen LogP contribution in [0.25, 0.3) is 0 Å². The number of benzene rings is 3. The molecule has 0 nitrogen and oxygen atoms in total. The molecule has 0 radical (unpaired) electrons. The molecule has 0 N–H and O–H groups in total. The Morgan fingerprint density at radius 1 is 0.545 bits per heavy atom. The van der Waals surface area contributed by atoms with Gasteiger partial charge in [0.05, 0.1) is 0 Å². The van der Waals surface area contributed by atoms with Crippen LogP contribution in [0.2, 0.25) is 0 Å². The molecule has 1 heteroatoms. The van der Waals surface area contributed by atoms with Crippen molar-refractivity contribution in [2.45, 2.75) is 12.4 Å². The van der Waals surface area contributed by atoms with Crippen molar-refractivity contribution in [3.05, 3.63) is 108 Å². The summed E-state index contributed by atoms with van der Waals surface area (Å²) in [6.07, 6.45) is 2.26. The van der Waals surface area contributed by atoms with E-state index in [0.717, 1.165) is 12.8 Å². The van der Waals surface area contributed by atoms with E-state index in [1.54, 1.807) is 0 Å². The first-order chi connectivity index (χ1) is 10.8. The molecule has 0 unspecified atom stereocenters. The molecule has 3 aromatic rings. The van der Waals surface area contributed by atoms with Gasteiger partial charge in [-0.15, -0.1) is 0 Å². The summed E-state index contributed by atoms with van der Waals surface area (Å²) < 4.78 is 0.289. The third-order valence-corrected chi connectivity index (χ3v) is 6.35. The second kappa shape index (κ2) is 7.72. The van der Waals surface area contributed by atoms with Crippen LogP contribution in [0.1, 0.15) is 16.7 Å². The van der Waals surface area contributed by atoms with Gasteiger partial charge < -0.3 is 0 Å². The van der Waals surface area contributed by atoms with Crippen LogP contribution in [-0.2, 0) is 12.4 Å². The van der Waals surface area contributed by atoms with Crippen LogP contribution in [-0.4, -0.2) is 49.0 Å². The van der Waals surface area contributed by atoms with Crippen molar-refractivity contribution >= 4 is 49.0 Å². The average Bonchev–Trinajstić information content (AvgIpc) is 2.57. The molecule has 0 aliphatic carbocycles. The van der Waals surface area contributed by atoms with Gasteiger partial charge in [0.1, 0.15) is 0 Å². The Morgan fingerprint density at radius 3 is 1.32 bits per heavy atom. The summed E-state index contributed by atoms with van der Waals surface area (Å²) in [4.78, 5) is 0. The van der Waals surface area contributed by atoms with E-state index in [0.29, 0.717) is 49.0 Å². The van der Waals surface area contributed by atoms with Crippen LogP contribution < -0.4 is 0 Å². The van der Waals surface area contributed by atoms with Crippen molar-refractivity contribution in [3.63, 3.8) is 0 Å². The number of hydrogen-bond acceptors (Lipinski definition) is 0. The monoisotopic (exact) mass is 310 g/mol. The van der Waals surface area contributed by atoms with Gasteiger partial charge in [0.25, 0.3) is 0 Å². The Bertz CT molecular complexity index is 648. The first-order valence-corrected chi connectivity index (χ1v) is 9.46. The normalized spacial score (nSPS) is 11.4. The predicted molar refractivity (Wildman–Crippen MR) is 94.2 cm³/mol. The van der Waals surface area contributed by atoms with Crippen molar-refractivity contribution in [1.82, 2.24) is 0 Å². The van der Waals surface area contributed by atoms with Gasteiger partial charge in [-0.1, -0.05) is 0 Å². The fraction of sp³-hybridized carbons (Fsp3) is 0.143. The first-order valence-electron chi connectivity index (χ1n) is 7.90. The first kappa shape index (κ1) is 16.2. The van der Waals surface area contributed by atoms with E-state index in [1.165, 1.54) is 16.7 Å². The van der Waals surface area contributed by atoms with Gasteiger partial charge in [0.2, 0.25) is 0 Å². The minimum absolute atomic E-state index is 0.289. The topological polar surface area (TPSA) is 0 Å². The fourth-order valence-corrected chi connectivity index (χ4v) is 5.00. The van der Waals surface area contributed by atoms with Gasteiger partial charge in [-0.3, -0.25) is 0 Å². The Hall–Kier alpha value is -0.704. The maximum absolute atomic E-state index is 2.30. The standard InChI is InChI=1S/C21H19.K/c1-4-10-18(11-5-1)16-21(20-14-8-3-9-15-20)17-19-12-6-2-7-13-19;/h1-15H,16-17H2;. The van der Waals surface area contributed by atoms with Crippen LogP contribution in [0.3, 0.4) is 0 Å². The third kappa shape index (κ3) is 4.18. The number of rotatable bonds is 5. The molecule has 104 valence electrons. The molecule has 0 aliphatic rings. The third-order valence-electron chi connectivity index (χ3n) is 4.34. The number of hydrogen-bond donors (Lipinski definition) is 0. The summed E-state index contributed by atoms with van der Waals surface area (Å²) in [7, 11) is 0. The van der Waals surface area contributed by atoms with Crippen molar-refractivity contribution in [1.29, 1.82) is 0 Å². The Labute approximate surface area is 167 Å². The average molecular weight is 310 g/mol. The van der Waals surface area contributed by atoms with Gasteiger partial charge in [-0.2, -0.15) is 0 Å². The van der Waals surface area contributed by atoms with Crippen molar-refractivity contribution in [3.8, 4) is 0 Å². The second-order valence-electron chi connectivity index (χ2n) is 6.25. The second-order valence-corrected chi connectivity index (χ2v) is 9.24. The molecular weight excluding hydrogens is 291 g/mol. The molecule has 22 heavy (non-hydrogen) atoms. The molecule has 0 bridgehead atoms. The SMILES string of the molecule is [K][C](Cc1ccccc1)(Cc1ccccc1)c1ccccc1. The van der Waals surface area contributed by atoms with Crippen molar-refractivity contribution in [2.75, 3.05) is 0 Å². The van der Waals surface area contributed by atoms with E-state index < -0.39 is 0 Å². The zero-order valence-corrected chi connectivity index (χ0v) is 16.2. The summed E-state index contributed by atoms with van der Waals surface area (Å²) in [5.74, 6) is 0. The van der Waals surface area contributed by atoms with Crippen molar-refractivity contribution in [2.24, 2.45) is 0 Å². The molecule has 0 saturated heterocycles. The molecule has 3 aromatic carbocycles. The van der Waals surface area contributed by atoms with E-state index >= 15 is 0 Å². The Kier molecular flexibility index (Phi) is 5.67. The van der Waals surface area contributed by atoms with Crippen LogP contribution in [0, 0.1) is 0 Å². The van der Waals surface area contributed by atoms with E-state index in [2.05, 4.69) is 91.0 Å². The van der Waals surface area contributed by atoms with Gasteiger partial charge in [-0.05, 0) is 0 Å². The van der Waals surface area contributed by atoms with Gasteiger partial charge >= 0.3 is 169 Å². The summed E-state index contributed by atoms with van der Waals surface area (Å²) >= 11 is 0.688. The molecule has 3 rings (SSSR count). The van der Waals surface area contributed by atoms with Crippen LogP contribution in [0.15, 0.2) is 91.0 Å².